The maximum Gasteiger partial charge on any atom is 0.272 e. The van der Waals surface area contributed by atoms with E-state index in [1.807, 2.05) is 74.5 Å². The number of hydrogen-bond acceptors (Lipinski definition) is 5. The second-order valence-corrected chi connectivity index (χ2v) is 8.52. The fourth-order valence-electron chi connectivity index (χ4n) is 3.70. The molecular weight excluding hydrogens is 444 g/mol. The Morgan fingerprint density at radius 2 is 1.49 bits per heavy atom. The Kier molecular flexibility index (Phi) is 8.45. The second kappa shape index (κ2) is 11.7. The molecule has 0 aliphatic rings. The minimum absolute atomic E-state index is 0.0273. The molecule has 2 amide bonds. The van der Waals surface area contributed by atoms with E-state index < -0.39 is 22.8 Å². The molecule has 180 valence electrons. The van der Waals surface area contributed by atoms with Gasteiger partial charge in [0.15, 0.2) is 0 Å². The predicted molar refractivity (Wildman–Crippen MR) is 135 cm³/mol. The van der Waals surface area contributed by atoms with Crippen LogP contribution in [0, 0.1) is 23.0 Å². The molecule has 0 aromatic heterocycles. The molecule has 3 rings (SSSR count). The van der Waals surface area contributed by atoms with Gasteiger partial charge in [0.2, 0.25) is 5.91 Å². The summed E-state index contributed by atoms with van der Waals surface area (Å²) in [6, 6.07) is 22.6. The van der Waals surface area contributed by atoms with Crippen molar-refractivity contribution < 1.29 is 14.5 Å². The van der Waals surface area contributed by atoms with Crippen molar-refractivity contribution in [1.82, 2.24) is 10.7 Å². The van der Waals surface area contributed by atoms with Crippen LogP contribution < -0.4 is 10.7 Å². The molecule has 2 N–H and O–H groups in total. The highest BCUT2D eigenvalue weighted by Crippen LogP contribution is 2.25. The molecular formula is C27H28N4O4. The number of nitro benzene ring substituents is 1. The highest BCUT2D eigenvalue weighted by atomic mass is 16.6. The van der Waals surface area contributed by atoms with E-state index in [-0.39, 0.29) is 17.5 Å². The average molecular weight is 473 g/mol. The van der Waals surface area contributed by atoms with Crippen LogP contribution >= 0.6 is 0 Å². The molecule has 0 unspecified atom stereocenters. The van der Waals surface area contributed by atoms with Gasteiger partial charge in [0, 0.05) is 17.2 Å². The molecule has 8 heteroatoms. The molecule has 0 radical (unpaired) electrons. The fraction of sp³-hybridized carbons (Fsp3) is 0.222. The smallest absolute Gasteiger partial charge is 0.272 e. The van der Waals surface area contributed by atoms with E-state index in [0.717, 1.165) is 11.1 Å². The maximum atomic E-state index is 13.4. The normalized spacial score (nSPS) is 12.0. The summed E-state index contributed by atoms with van der Waals surface area (Å²) in [5.74, 6) is -1.56. The number of carbonyl (C=O) groups is 2. The first kappa shape index (κ1) is 25.3. The van der Waals surface area contributed by atoms with E-state index >= 15 is 0 Å². The van der Waals surface area contributed by atoms with Gasteiger partial charge in [-0.2, -0.15) is 5.10 Å². The van der Waals surface area contributed by atoms with Gasteiger partial charge in [-0.15, -0.1) is 0 Å². The number of rotatable bonds is 9. The predicted octanol–water partition coefficient (Wildman–Crippen LogP) is 4.33. The van der Waals surface area contributed by atoms with Crippen molar-refractivity contribution in [2.45, 2.75) is 32.7 Å². The number of amides is 2. The van der Waals surface area contributed by atoms with Crippen LogP contribution in [0.3, 0.4) is 0 Å². The first-order valence-electron chi connectivity index (χ1n) is 11.3. The number of carbonyl (C=O) groups excluding carboxylic acids is 2. The first-order chi connectivity index (χ1) is 16.8. The summed E-state index contributed by atoms with van der Waals surface area (Å²) in [5.41, 5.74) is 5.06. The van der Waals surface area contributed by atoms with Gasteiger partial charge in [-0.1, -0.05) is 86.6 Å². The third kappa shape index (κ3) is 6.60. The van der Waals surface area contributed by atoms with E-state index in [1.165, 1.54) is 12.3 Å². The summed E-state index contributed by atoms with van der Waals surface area (Å²) in [4.78, 5) is 37.0. The number of benzene rings is 3. The summed E-state index contributed by atoms with van der Waals surface area (Å²) in [6.45, 7) is 5.31. The number of hydrogen-bond donors (Lipinski definition) is 2. The van der Waals surface area contributed by atoms with Crippen LogP contribution in [0.25, 0.3) is 0 Å². The van der Waals surface area contributed by atoms with E-state index in [4.69, 9.17) is 0 Å². The largest absolute Gasteiger partial charge is 0.343 e. The summed E-state index contributed by atoms with van der Waals surface area (Å²) in [6.07, 6.45) is 1.33. The van der Waals surface area contributed by atoms with Gasteiger partial charge in [-0.05, 0) is 24.0 Å². The maximum absolute atomic E-state index is 13.4. The zero-order valence-corrected chi connectivity index (χ0v) is 19.8. The van der Waals surface area contributed by atoms with Gasteiger partial charge in [-0.3, -0.25) is 19.7 Å². The molecule has 8 nitrogen and oxygen atoms in total. The van der Waals surface area contributed by atoms with Crippen molar-refractivity contribution in [2.75, 3.05) is 0 Å². The Morgan fingerprint density at radius 1 is 0.914 bits per heavy atom. The number of nitrogens with zero attached hydrogens (tertiary/aromatic N) is 2. The minimum atomic E-state index is -0.832. The quantitative estimate of drug-likeness (QED) is 0.274. The number of hydrazone groups is 1. The van der Waals surface area contributed by atoms with Gasteiger partial charge in [0.05, 0.1) is 17.1 Å². The van der Waals surface area contributed by atoms with Crippen molar-refractivity contribution in [3.63, 3.8) is 0 Å². The van der Waals surface area contributed by atoms with Crippen molar-refractivity contribution in [1.29, 1.82) is 0 Å². The van der Waals surface area contributed by atoms with Crippen molar-refractivity contribution in [3.05, 3.63) is 111 Å². The number of nitro groups is 1. The Hall–Kier alpha value is -4.33. The molecule has 0 heterocycles. The third-order valence-corrected chi connectivity index (χ3v) is 5.59. The van der Waals surface area contributed by atoms with Crippen molar-refractivity contribution in [2.24, 2.45) is 11.0 Å². The lowest BCUT2D eigenvalue weighted by atomic mass is 9.89. The van der Waals surface area contributed by atoms with Gasteiger partial charge >= 0.3 is 0 Å². The van der Waals surface area contributed by atoms with E-state index in [9.17, 15) is 19.7 Å². The minimum Gasteiger partial charge on any atom is -0.343 e. The molecule has 1 atom stereocenters. The van der Waals surface area contributed by atoms with Crippen LogP contribution in [0.5, 0.6) is 0 Å². The first-order valence-corrected chi connectivity index (χ1v) is 11.3. The Bertz CT molecular complexity index is 1170. The summed E-state index contributed by atoms with van der Waals surface area (Å²) in [7, 11) is 0. The topological polar surface area (TPSA) is 114 Å². The van der Waals surface area contributed by atoms with Crippen LogP contribution in [-0.4, -0.2) is 29.0 Å². The summed E-state index contributed by atoms with van der Waals surface area (Å²) < 4.78 is 0. The van der Waals surface area contributed by atoms with Gasteiger partial charge in [-0.25, -0.2) is 5.43 Å². The van der Waals surface area contributed by atoms with Crippen LogP contribution in [0.15, 0.2) is 84.0 Å². The average Bonchev–Trinajstić information content (AvgIpc) is 2.84. The van der Waals surface area contributed by atoms with Crippen LogP contribution in [0.4, 0.5) is 5.69 Å². The lowest BCUT2D eigenvalue weighted by Crippen LogP contribution is -2.50. The zero-order valence-electron chi connectivity index (χ0n) is 19.8. The lowest BCUT2D eigenvalue weighted by Gasteiger charge is -2.24. The molecule has 0 fully saturated rings. The molecule has 0 saturated heterocycles. The standard InChI is InChI=1S/C27H28N4O4/c1-18(2)25(27(33)30-28-17-20-15-14-19(3)23(16-20)31(34)35)29-26(32)24(21-10-6-4-7-11-21)22-12-8-5-9-13-22/h4-18,24-25H,1-3H3,(H,29,32)(H,30,33)/b28-17-/t25-/m1/s1. The zero-order chi connectivity index (χ0) is 25.4. The second-order valence-electron chi connectivity index (χ2n) is 8.52. The Labute approximate surface area is 204 Å². The Morgan fingerprint density at radius 3 is 2.00 bits per heavy atom. The third-order valence-electron chi connectivity index (χ3n) is 5.59. The van der Waals surface area contributed by atoms with E-state index in [0.29, 0.717) is 11.1 Å². The van der Waals surface area contributed by atoms with Crippen LogP contribution in [0.1, 0.15) is 42.0 Å². The fourth-order valence-corrected chi connectivity index (χ4v) is 3.70. The van der Waals surface area contributed by atoms with Crippen molar-refractivity contribution in [3.8, 4) is 0 Å². The van der Waals surface area contributed by atoms with Crippen molar-refractivity contribution >= 4 is 23.7 Å². The molecule has 0 aliphatic carbocycles. The molecule has 3 aromatic carbocycles. The van der Waals surface area contributed by atoms with Gasteiger partial charge in [0.25, 0.3) is 11.6 Å². The van der Waals surface area contributed by atoms with Crippen LogP contribution in [0.2, 0.25) is 0 Å². The molecule has 0 aliphatic heterocycles. The van der Waals surface area contributed by atoms with Crippen LogP contribution in [-0.2, 0) is 9.59 Å². The molecule has 0 spiro atoms. The summed E-state index contributed by atoms with van der Waals surface area (Å²) in [5, 5.41) is 18.0. The molecule has 0 saturated carbocycles. The molecule has 3 aromatic rings. The van der Waals surface area contributed by atoms with Gasteiger partial charge in [0.1, 0.15) is 6.04 Å². The summed E-state index contributed by atoms with van der Waals surface area (Å²) >= 11 is 0. The van der Waals surface area contributed by atoms with Gasteiger partial charge < -0.3 is 5.32 Å². The monoisotopic (exact) mass is 472 g/mol. The lowest BCUT2D eigenvalue weighted by molar-refractivity contribution is -0.385. The number of aryl methyl sites for hydroxylation is 1. The molecule has 0 bridgehead atoms. The molecule has 35 heavy (non-hydrogen) atoms. The number of nitrogens with one attached hydrogen (secondary N) is 2. The van der Waals surface area contributed by atoms with E-state index in [2.05, 4.69) is 15.8 Å². The highest BCUT2D eigenvalue weighted by molar-refractivity contribution is 5.93. The van der Waals surface area contributed by atoms with E-state index in [1.54, 1.807) is 19.1 Å². The SMILES string of the molecule is Cc1ccc(/C=N\NC(=O)[C@H](NC(=O)C(c2ccccc2)c2ccccc2)C(C)C)cc1[N+](=O)[O-]. The highest BCUT2D eigenvalue weighted by Gasteiger charge is 2.29. The Balaban J connectivity index is 1.75.